The molecule has 0 spiro atoms. The van der Waals surface area contributed by atoms with Crippen molar-refractivity contribution < 1.29 is 8.78 Å². The maximum absolute atomic E-state index is 14.6. The summed E-state index contributed by atoms with van der Waals surface area (Å²) in [6.45, 7) is 1.58. The lowest BCUT2D eigenvalue weighted by atomic mass is 9.77. The van der Waals surface area contributed by atoms with Crippen molar-refractivity contribution in [1.82, 2.24) is 5.32 Å². The molecule has 34 heavy (non-hydrogen) atoms. The van der Waals surface area contributed by atoms with Gasteiger partial charge in [0.1, 0.15) is 11.6 Å². The molecule has 0 amide bonds. The van der Waals surface area contributed by atoms with E-state index in [4.69, 9.17) is 0 Å². The highest BCUT2D eigenvalue weighted by Gasteiger charge is 2.39. The Morgan fingerprint density at radius 1 is 0.824 bits per heavy atom. The molecule has 4 aromatic rings. The summed E-state index contributed by atoms with van der Waals surface area (Å²) in [5.74, 6) is -0.746. The minimum Gasteiger partial charge on any atom is -0.375 e. The molecule has 0 unspecified atom stereocenters. The molecule has 4 aromatic carbocycles. The number of hydrogen-bond donors (Lipinski definition) is 2. The number of fused-ring (bicyclic) bond motifs is 4. The fourth-order valence-corrected chi connectivity index (χ4v) is 5.49. The van der Waals surface area contributed by atoms with Crippen LogP contribution in [-0.4, -0.2) is 0 Å². The molecule has 2 aliphatic rings. The lowest BCUT2D eigenvalue weighted by Gasteiger charge is -2.37. The molecule has 0 aromatic heterocycles. The highest BCUT2D eigenvalue weighted by molar-refractivity contribution is 5.83. The van der Waals surface area contributed by atoms with Gasteiger partial charge in [-0.15, -0.1) is 0 Å². The fourth-order valence-electron chi connectivity index (χ4n) is 5.49. The molecule has 1 aliphatic carbocycles. The second-order valence-corrected chi connectivity index (χ2v) is 9.35. The SMILES string of the molecule is Fc1cc(F)c2c(c1)[C@@H]1C=CC[C@@H]1[C@H](c1ccc(CNCc3ccc4ccccc4c3)cc1)N2. The summed E-state index contributed by atoms with van der Waals surface area (Å²) in [5, 5.41) is 9.43. The van der Waals surface area contributed by atoms with Crippen molar-refractivity contribution in [2.75, 3.05) is 5.32 Å². The maximum atomic E-state index is 14.6. The quantitative estimate of drug-likeness (QED) is 0.312. The van der Waals surface area contributed by atoms with Gasteiger partial charge < -0.3 is 10.6 Å². The molecule has 0 bridgehead atoms. The number of halogens is 2. The second-order valence-electron chi connectivity index (χ2n) is 9.35. The lowest BCUT2D eigenvalue weighted by Crippen LogP contribution is -2.30. The number of anilines is 1. The fraction of sp³-hybridized carbons (Fsp3) is 0.200. The molecule has 0 fully saturated rings. The molecule has 2 N–H and O–H groups in total. The smallest absolute Gasteiger partial charge is 0.149 e. The Labute approximate surface area is 198 Å². The summed E-state index contributed by atoms with van der Waals surface area (Å²) in [7, 11) is 0. The molecule has 1 heterocycles. The van der Waals surface area contributed by atoms with Gasteiger partial charge in [-0.3, -0.25) is 0 Å². The third-order valence-corrected chi connectivity index (χ3v) is 7.20. The van der Waals surface area contributed by atoms with Crippen LogP contribution in [0.5, 0.6) is 0 Å². The van der Waals surface area contributed by atoms with E-state index in [1.54, 1.807) is 0 Å². The van der Waals surface area contributed by atoms with Gasteiger partial charge in [0.2, 0.25) is 0 Å². The molecule has 0 saturated heterocycles. The Hall–Kier alpha value is -3.50. The standard InChI is InChI=1S/C30H26F2N2/c31-24-15-27-25-6-3-7-26(25)29(34-30(27)28(32)16-24)22-12-8-19(9-13-22)17-33-18-20-10-11-21-4-1-2-5-23(21)14-20/h1-6,8-16,25-26,29,33-34H,7,17-18H2/t25-,26+,29+/m1/s1. The lowest BCUT2D eigenvalue weighted by molar-refractivity contribution is 0.418. The minimum absolute atomic E-state index is 0.00734. The zero-order chi connectivity index (χ0) is 23.1. The first kappa shape index (κ1) is 21.1. The van der Waals surface area contributed by atoms with Crippen LogP contribution in [0.3, 0.4) is 0 Å². The Kier molecular flexibility index (Phi) is 5.39. The zero-order valence-electron chi connectivity index (χ0n) is 18.8. The van der Waals surface area contributed by atoms with E-state index in [9.17, 15) is 8.78 Å². The maximum Gasteiger partial charge on any atom is 0.149 e. The Morgan fingerprint density at radius 2 is 1.59 bits per heavy atom. The van der Waals surface area contributed by atoms with E-state index >= 15 is 0 Å². The number of hydrogen-bond acceptors (Lipinski definition) is 2. The molecule has 6 rings (SSSR count). The van der Waals surface area contributed by atoms with Gasteiger partial charge in [-0.05, 0) is 57.5 Å². The van der Waals surface area contributed by atoms with E-state index in [0.717, 1.165) is 36.7 Å². The van der Waals surface area contributed by atoms with E-state index in [1.807, 2.05) is 0 Å². The van der Waals surface area contributed by atoms with E-state index < -0.39 is 11.6 Å². The van der Waals surface area contributed by atoms with Crippen LogP contribution in [0.15, 0.2) is 91.0 Å². The van der Waals surface area contributed by atoms with Crippen LogP contribution in [-0.2, 0) is 13.1 Å². The average Bonchev–Trinajstić information content (AvgIpc) is 3.35. The van der Waals surface area contributed by atoms with Crippen LogP contribution < -0.4 is 10.6 Å². The van der Waals surface area contributed by atoms with Crippen molar-refractivity contribution in [3.05, 3.63) is 125 Å². The molecule has 2 nitrogen and oxygen atoms in total. The predicted octanol–water partition coefficient (Wildman–Crippen LogP) is 7.23. The van der Waals surface area contributed by atoms with Crippen LogP contribution in [0, 0.1) is 17.6 Å². The third-order valence-electron chi connectivity index (χ3n) is 7.20. The van der Waals surface area contributed by atoms with Crippen molar-refractivity contribution in [3.63, 3.8) is 0 Å². The van der Waals surface area contributed by atoms with Gasteiger partial charge in [-0.2, -0.15) is 0 Å². The number of nitrogens with one attached hydrogen (secondary N) is 2. The summed E-state index contributed by atoms with van der Waals surface area (Å²) in [4.78, 5) is 0. The van der Waals surface area contributed by atoms with Crippen LogP contribution in [0.2, 0.25) is 0 Å². The van der Waals surface area contributed by atoms with Crippen LogP contribution in [0.25, 0.3) is 10.8 Å². The van der Waals surface area contributed by atoms with Gasteiger partial charge in [0.15, 0.2) is 0 Å². The van der Waals surface area contributed by atoms with E-state index in [1.165, 1.54) is 28.0 Å². The van der Waals surface area contributed by atoms with E-state index in [2.05, 4.69) is 89.5 Å². The van der Waals surface area contributed by atoms with Crippen LogP contribution in [0.4, 0.5) is 14.5 Å². The first-order valence-corrected chi connectivity index (χ1v) is 11.8. The van der Waals surface area contributed by atoms with Crippen molar-refractivity contribution >= 4 is 16.5 Å². The highest BCUT2D eigenvalue weighted by Crippen LogP contribution is 2.50. The van der Waals surface area contributed by atoms with Crippen LogP contribution >= 0.6 is 0 Å². The van der Waals surface area contributed by atoms with Gasteiger partial charge in [-0.1, -0.05) is 72.8 Å². The molecule has 0 saturated carbocycles. The highest BCUT2D eigenvalue weighted by atomic mass is 19.1. The van der Waals surface area contributed by atoms with Gasteiger partial charge in [-0.25, -0.2) is 8.78 Å². The molecule has 1 aliphatic heterocycles. The molecular weight excluding hydrogens is 426 g/mol. The summed E-state index contributed by atoms with van der Waals surface area (Å²) in [5.41, 5.74) is 4.75. The monoisotopic (exact) mass is 452 g/mol. The topological polar surface area (TPSA) is 24.1 Å². The van der Waals surface area contributed by atoms with Crippen molar-refractivity contribution in [1.29, 1.82) is 0 Å². The minimum atomic E-state index is -0.520. The summed E-state index contributed by atoms with van der Waals surface area (Å²) in [6.07, 6.45) is 5.13. The van der Waals surface area contributed by atoms with Gasteiger partial charge in [0.25, 0.3) is 0 Å². The Balaban J connectivity index is 1.15. The molecule has 0 radical (unpaired) electrons. The predicted molar refractivity (Wildman–Crippen MR) is 134 cm³/mol. The molecular formula is C30H26F2N2. The van der Waals surface area contributed by atoms with Crippen molar-refractivity contribution in [2.45, 2.75) is 31.5 Å². The van der Waals surface area contributed by atoms with Gasteiger partial charge >= 0.3 is 0 Å². The number of allylic oxidation sites excluding steroid dienone is 2. The largest absolute Gasteiger partial charge is 0.375 e. The van der Waals surface area contributed by atoms with E-state index in [0.29, 0.717) is 5.69 Å². The van der Waals surface area contributed by atoms with Gasteiger partial charge in [0.05, 0.1) is 11.7 Å². The Morgan fingerprint density at radius 3 is 2.44 bits per heavy atom. The average molecular weight is 453 g/mol. The summed E-state index contributed by atoms with van der Waals surface area (Å²) >= 11 is 0. The van der Waals surface area contributed by atoms with E-state index in [-0.39, 0.29) is 17.9 Å². The molecule has 3 atom stereocenters. The number of benzene rings is 4. The summed E-state index contributed by atoms with van der Waals surface area (Å²) in [6, 6.07) is 25.9. The normalized spacial score (nSPS) is 20.7. The van der Waals surface area contributed by atoms with Crippen LogP contribution in [0.1, 0.15) is 40.6 Å². The molecule has 4 heteroatoms. The second kappa shape index (κ2) is 8.69. The Bertz CT molecular complexity index is 1380. The van der Waals surface area contributed by atoms with Crippen molar-refractivity contribution in [2.24, 2.45) is 5.92 Å². The zero-order valence-corrected chi connectivity index (χ0v) is 18.8. The number of rotatable bonds is 5. The van der Waals surface area contributed by atoms with Crippen molar-refractivity contribution in [3.8, 4) is 0 Å². The first-order valence-electron chi connectivity index (χ1n) is 11.8. The third kappa shape index (κ3) is 3.88. The first-order chi connectivity index (χ1) is 16.7. The van der Waals surface area contributed by atoms with Gasteiger partial charge in [0, 0.05) is 25.1 Å². The molecule has 170 valence electrons. The summed E-state index contributed by atoms with van der Waals surface area (Å²) < 4.78 is 28.4.